The van der Waals surface area contributed by atoms with E-state index in [2.05, 4.69) is 20.6 Å². The molecule has 0 aliphatic heterocycles. The molecule has 0 saturated carbocycles. The third kappa shape index (κ3) is 3.18. The fourth-order valence-corrected chi connectivity index (χ4v) is 1.08. The summed E-state index contributed by atoms with van der Waals surface area (Å²) in [6, 6.07) is 2.01. The van der Waals surface area contributed by atoms with Gasteiger partial charge >= 0.3 is 0 Å². The first-order valence-electron chi connectivity index (χ1n) is 4.64. The van der Waals surface area contributed by atoms with E-state index in [-0.39, 0.29) is 12.6 Å². The highest BCUT2D eigenvalue weighted by atomic mass is 16.3. The Hall–Kier alpha value is -1.36. The molecule has 0 saturated heterocycles. The van der Waals surface area contributed by atoms with E-state index in [0.717, 1.165) is 5.82 Å². The molecule has 5 heteroatoms. The minimum atomic E-state index is 0.179. The third-order valence-corrected chi connectivity index (χ3v) is 1.84. The Morgan fingerprint density at radius 2 is 2.36 bits per heavy atom. The van der Waals surface area contributed by atoms with Crippen LogP contribution in [0.3, 0.4) is 0 Å². The normalized spacial score (nSPS) is 12.2. The van der Waals surface area contributed by atoms with Gasteiger partial charge in [-0.05, 0) is 19.4 Å². The van der Waals surface area contributed by atoms with Crippen molar-refractivity contribution in [1.82, 2.24) is 9.97 Å². The Morgan fingerprint density at radius 3 is 3.00 bits per heavy atom. The Kier molecular flexibility index (Phi) is 4.12. The van der Waals surface area contributed by atoms with Gasteiger partial charge in [0.25, 0.3) is 0 Å². The molecule has 1 aromatic rings. The molecule has 0 fully saturated rings. The minimum absolute atomic E-state index is 0.179. The predicted octanol–water partition coefficient (Wildman–Crippen LogP) is 0.701. The average Bonchev–Trinajstić information content (AvgIpc) is 2.18. The lowest BCUT2D eigenvalue weighted by molar-refractivity contribution is 0.282. The fourth-order valence-electron chi connectivity index (χ4n) is 1.08. The maximum atomic E-state index is 8.73. The Labute approximate surface area is 83.6 Å². The maximum Gasteiger partial charge on any atom is 0.224 e. The lowest BCUT2D eigenvalue weighted by atomic mass is 10.2. The lowest BCUT2D eigenvalue weighted by Gasteiger charge is -2.13. The molecule has 1 rings (SSSR count). The van der Waals surface area contributed by atoms with Crippen LogP contribution in [0, 0.1) is 0 Å². The zero-order chi connectivity index (χ0) is 10.4. The molecule has 0 aromatic carbocycles. The summed E-state index contributed by atoms with van der Waals surface area (Å²) in [6.07, 6.45) is 2.39. The van der Waals surface area contributed by atoms with Crippen molar-refractivity contribution in [2.75, 3.05) is 24.3 Å². The van der Waals surface area contributed by atoms with E-state index in [0.29, 0.717) is 12.4 Å². The van der Waals surface area contributed by atoms with Gasteiger partial charge in [0, 0.05) is 25.9 Å². The van der Waals surface area contributed by atoms with Gasteiger partial charge in [0.2, 0.25) is 5.95 Å². The van der Waals surface area contributed by atoms with Gasteiger partial charge in [0.15, 0.2) is 0 Å². The Morgan fingerprint density at radius 1 is 1.57 bits per heavy atom. The summed E-state index contributed by atoms with van der Waals surface area (Å²) in [5, 5.41) is 14.8. The molecule has 1 atom stereocenters. The second-order valence-electron chi connectivity index (χ2n) is 3.07. The molecular weight excluding hydrogens is 180 g/mol. The van der Waals surface area contributed by atoms with Gasteiger partial charge in [-0.2, -0.15) is 4.98 Å². The monoisotopic (exact) mass is 196 g/mol. The van der Waals surface area contributed by atoms with E-state index in [1.165, 1.54) is 0 Å². The second kappa shape index (κ2) is 5.39. The van der Waals surface area contributed by atoms with Crippen LogP contribution in [-0.2, 0) is 0 Å². The SMILES string of the molecule is CNc1nccc(NC(C)CCO)n1. The van der Waals surface area contributed by atoms with E-state index >= 15 is 0 Å². The first-order valence-corrected chi connectivity index (χ1v) is 4.64. The molecule has 1 unspecified atom stereocenters. The molecule has 0 aliphatic rings. The van der Waals surface area contributed by atoms with E-state index in [1.54, 1.807) is 19.3 Å². The van der Waals surface area contributed by atoms with Gasteiger partial charge in [-0.25, -0.2) is 4.98 Å². The van der Waals surface area contributed by atoms with Crippen LogP contribution in [0.5, 0.6) is 0 Å². The molecule has 78 valence electrons. The first kappa shape index (κ1) is 10.7. The summed E-state index contributed by atoms with van der Waals surface area (Å²) >= 11 is 0. The molecule has 0 bridgehead atoms. The number of aromatic nitrogens is 2. The van der Waals surface area contributed by atoms with Crippen LogP contribution in [0.25, 0.3) is 0 Å². The lowest BCUT2D eigenvalue weighted by Crippen LogP contribution is -2.17. The Balaban J connectivity index is 2.57. The quantitative estimate of drug-likeness (QED) is 0.646. The number of hydrogen-bond donors (Lipinski definition) is 3. The van der Waals surface area contributed by atoms with Crippen LogP contribution in [0.4, 0.5) is 11.8 Å². The number of anilines is 2. The van der Waals surface area contributed by atoms with E-state index < -0.39 is 0 Å². The predicted molar refractivity (Wildman–Crippen MR) is 56.4 cm³/mol. The van der Waals surface area contributed by atoms with Gasteiger partial charge in [-0.3, -0.25) is 0 Å². The van der Waals surface area contributed by atoms with Crippen LogP contribution in [0.1, 0.15) is 13.3 Å². The summed E-state index contributed by atoms with van der Waals surface area (Å²) < 4.78 is 0. The summed E-state index contributed by atoms with van der Waals surface area (Å²) in [4.78, 5) is 8.20. The zero-order valence-corrected chi connectivity index (χ0v) is 8.49. The smallest absolute Gasteiger partial charge is 0.224 e. The van der Waals surface area contributed by atoms with Crippen molar-refractivity contribution in [3.8, 4) is 0 Å². The van der Waals surface area contributed by atoms with E-state index in [1.807, 2.05) is 6.92 Å². The number of aliphatic hydroxyl groups excluding tert-OH is 1. The van der Waals surface area contributed by atoms with Gasteiger partial charge in [-0.1, -0.05) is 0 Å². The van der Waals surface area contributed by atoms with Crippen LogP contribution in [-0.4, -0.2) is 34.8 Å². The third-order valence-electron chi connectivity index (χ3n) is 1.84. The number of rotatable bonds is 5. The molecule has 14 heavy (non-hydrogen) atoms. The highest BCUT2D eigenvalue weighted by molar-refractivity contribution is 5.39. The number of hydrogen-bond acceptors (Lipinski definition) is 5. The van der Waals surface area contributed by atoms with Gasteiger partial charge in [-0.15, -0.1) is 0 Å². The van der Waals surface area contributed by atoms with Crippen LogP contribution < -0.4 is 10.6 Å². The van der Waals surface area contributed by atoms with Gasteiger partial charge in [0.1, 0.15) is 5.82 Å². The standard InChI is InChI=1S/C9H16N4O/c1-7(4-6-14)12-8-3-5-11-9(10-2)13-8/h3,5,7,14H,4,6H2,1-2H3,(H2,10,11,12,13). The summed E-state index contributed by atoms with van der Waals surface area (Å²) in [6.45, 7) is 2.18. The van der Waals surface area contributed by atoms with Crippen molar-refractivity contribution in [3.05, 3.63) is 12.3 Å². The fraction of sp³-hybridized carbons (Fsp3) is 0.556. The van der Waals surface area contributed by atoms with Crippen LogP contribution in [0.2, 0.25) is 0 Å². The largest absolute Gasteiger partial charge is 0.396 e. The van der Waals surface area contributed by atoms with E-state index in [9.17, 15) is 0 Å². The van der Waals surface area contributed by atoms with E-state index in [4.69, 9.17) is 5.11 Å². The molecule has 5 nitrogen and oxygen atoms in total. The van der Waals surface area contributed by atoms with Crippen molar-refractivity contribution >= 4 is 11.8 Å². The molecule has 3 N–H and O–H groups in total. The van der Waals surface area contributed by atoms with Gasteiger partial charge < -0.3 is 15.7 Å². The topological polar surface area (TPSA) is 70.1 Å². The highest BCUT2D eigenvalue weighted by Gasteiger charge is 2.02. The molecular formula is C9H16N4O. The van der Waals surface area contributed by atoms with Crippen molar-refractivity contribution in [1.29, 1.82) is 0 Å². The van der Waals surface area contributed by atoms with Crippen LogP contribution in [0.15, 0.2) is 12.3 Å². The Bertz CT molecular complexity index is 279. The average molecular weight is 196 g/mol. The molecule has 0 amide bonds. The molecule has 1 heterocycles. The summed E-state index contributed by atoms with van der Waals surface area (Å²) in [5.74, 6) is 1.36. The number of aliphatic hydroxyl groups is 1. The van der Waals surface area contributed by atoms with Crippen molar-refractivity contribution in [2.24, 2.45) is 0 Å². The molecule has 1 aromatic heterocycles. The first-order chi connectivity index (χ1) is 6.76. The second-order valence-corrected chi connectivity index (χ2v) is 3.07. The minimum Gasteiger partial charge on any atom is -0.396 e. The molecule has 0 aliphatic carbocycles. The summed E-state index contributed by atoms with van der Waals surface area (Å²) in [7, 11) is 1.77. The van der Waals surface area contributed by atoms with Crippen molar-refractivity contribution in [3.63, 3.8) is 0 Å². The van der Waals surface area contributed by atoms with Crippen LogP contribution >= 0.6 is 0 Å². The summed E-state index contributed by atoms with van der Waals surface area (Å²) in [5.41, 5.74) is 0. The number of nitrogens with one attached hydrogen (secondary N) is 2. The maximum absolute atomic E-state index is 8.73. The highest BCUT2D eigenvalue weighted by Crippen LogP contribution is 2.07. The van der Waals surface area contributed by atoms with Crippen molar-refractivity contribution < 1.29 is 5.11 Å². The molecule has 0 radical (unpaired) electrons. The molecule has 0 spiro atoms. The van der Waals surface area contributed by atoms with Crippen molar-refractivity contribution in [2.45, 2.75) is 19.4 Å². The zero-order valence-electron chi connectivity index (χ0n) is 8.49. The number of nitrogens with zero attached hydrogens (tertiary/aromatic N) is 2. The van der Waals surface area contributed by atoms with Gasteiger partial charge in [0.05, 0.1) is 0 Å².